The van der Waals surface area contributed by atoms with Crippen molar-refractivity contribution < 1.29 is 4.79 Å². The number of pyridine rings is 1. The summed E-state index contributed by atoms with van der Waals surface area (Å²) in [6.45, 7) is 1.84. The van der Waals surface area contributed by atoms with Gasteiger partial charge in [-0.2, -0.15) is 0 Å². The number of rotatable bonds is 2. The van der Waals surface area contributed by atoms with Crippen molar-refractivity contribution >= 4 is 22.9 Å². The van der Waals surface area contributed by atoms with Gasteiger partial charge >= 0.3 is 0 Å². The van der Waals surface area contributed by atoms with Crippen LogP contribution in [0.1, 0.15) is 16.2 Å². The summed E-state index contributed by atoms with van der Waals surface area (Å²) in [4.78, 5) is 19.6. The minimum absolute atomic E-state index is 0.202. The minimum atomic E-state index is -0.202. The van der Waals surface area contributed by atoms with Crippen molar-refractivity contribution in [1.82, 2.24) is 9.97 Å². The first-order valence-corrected chi connectivity index (χ1v) is 5.33. The average Bonchev–Trinajstić information content (AvgIpc) is 2.74. The standard InChI is InChI=1S/C10H9N3OS/c1-7-8(3-2-4-11-7)13-10(14)9-5-15-6-12-9/h2-6H,1H3,(H,13,14). The second kappa shape index (κ2) is 4.18. The number of hydrogen-bond acceptors (Lipinski definition) is 4. The fourth-order valence-electron chi connectivity index (χ4n) is 1.13. The number of aryl methyl sites for hydroxylation is 1. The number of anilines is 1. The Morgan fingerprint density at radius 3 is 3.00 bits per heavy atom. The zero-order valence-corrected chi connectivity index (χ0v) is 8.91. The maximum atomic E-state index is 11.6. The summed E-state index contributed by atoms with van der Waals surface area (Å²) < 4.78 is 0. The van der Waals surface area contributed by atoms with E-state index in [4.69, 9.17) is 0 Å². The lowest BCUT2D eigenvalue weighted by Crippen LogP contribution is -2.13. The van der Waals surface area contributed by atoms with Crippen molar-refractivity contribution in [2.75, 3.05) is 5.32 Å². The largest absolute Gasteiger partial charge is 0.319 e. The topological polar surface area (TPSA) is 54.9 Å². The maximum Gasteiger partial charge on any atom is 0.275 e. The Balaban J connectivity index is 2.17. The number of nitrogens with one attached hydrogen (secondary N) is 1. The van der Waals surface area contributed by atoms with Crippen LogP contribution in [0.25, 0.3) is 0 Å². The Labute approximate surface area is 91.0 Å². The Hall–Kier alpha value is -1.75. The zero-order chi connectivity index (χ0) is 10.7. The van der Waals surface area contributed by atoms with Gasteiger partial charge in [0.1, 0.15) is 5.69 Å². The number of thiazole rings is 1. The molecule has 0 saturated carbocycles. The van der Waals surface area contributed by atoms with Crippen LogP contribution in [0.3, 0.4) is 0 Å². The van der Waals surface area contributed by atoms with E-state index < -0.39 is 0 Å². The molecule has 76 valence electrons. The molecule has 2 aromatic rings. The van der Waals surface area contributed by atoms with E-state index in [0.29, 0.717) is 5.69 Å². The van der Waals surface area contributed by atoms with Crippen LogP contribution in [0.15, 0.2) is 29.2 Å². The Kier molecular flexibility index (Phi) is 2.73. The smallest absolute Gasteiger partial charge is 0.275 e. The van der Waals surface area contributed by atoms with E-state index in [9.17, 15) is 4.79 Å². The van der Waals surface area contributed by atoms with Crippen LogP contribution in [0.5, 0.6) is 0 Å². The molecule has 0 unspecified atom stereocenters. The lowest BCUT2D eigenvalue weighted by Gasteiger charge is -2.04. The first-order valence-electron chi connectivity index (χ1n) is 4.38. The van der Waals surface area contributed by atoms with Crippen LogP contribution < -0.4 is 5.32 Å². The summed E-state index contributed by atoms with van der Waals surface area (Å²) in [7, 11) is 0. The monoisotopic (exact) mass is 219 g/mol. The number of aromatic nitrogens is 2. The number of carbonyl (C=O) groups is 1. The fraction of sp³-hybridized carbons (Fsp3) is 0.100. The molecule has 4 nitrogen and oxygen atoms in total. The van der Waals surface area contributed by atoms with Gasteiger partial charge in [0.05, 0.1) is 16.9 Å². The highest BCUT2D eigenvalue weighted by Gasteiger charge is 2.08. The lowest BCUT2D eigenvalue weighted by molar-refractivity contribution is 0.102. The molecule has 5 heteroatoms. The molecule has 15 heavy (non-hydrogen) atoms. The van der Waals surface area contributed by atoms with Gasteiger partial charge in [-0.15, -0.1) is 11.3 Å². The maximum absolute atomic E-state index is 11.6. The molecule has 2 heterocycles. The molecule has 0 atom stereocenters. The molecular formula is C10H9N3OS. The summed E-state index contributed by atoms with van der Waals surface area (Å²) in [5.74, 6) is -0.202. The third kappa shape index (κ3) is 2.19. The van der Waals surface area contributed by atoms with E-state index in [0.717, 1.165) is 11.4 Å². The molecule has 0 aromatic carbocycles. The second-order valence-corrected chi connectivity index (χ2v) is 3.68. The van der Waals surface area contributed by atoms with Crippen LogP contribution in [0.4, 0.5) is 5.69 Å². The van der Waals surface area contributed by atoms with Gasteiger partial charge in [0, 0.05) is 11.6 Å². The van der Waals surface area contributed by atoms with Crippen molar-refractivity contribution in [3.8, 4) is 0 Å². The third-order valence-corrected chi connectivity index (χ3v) is 2.51. The summed E-state index contributed by atoms with van der Waals surface area (Å²) in [6.07, 6.45) is 1.69. The first kappa shape index (κ1) is 9.79. The summed E-state index contributed by atoms with van der Waals surface area (Å²) in [5, 5.41) is 4.46. The van der Waals surface area contributed by atoms with Crippen LogP contribution in [0.2, 0.25) is 0 Å². The molecule has 0 bridgehead atoms. The van der Waals surface area contributed by atoms with Crippen molar-refractivity contribution in [1.29, 1.82) is 0 Å². The molecule has 0 radical (unpaired) electrons. The van der Waals surface area contributed by atoms with E-state index >= 15 is 0 Å². The molecule has 1 N–H and O–H groups in total. The predicted molar refractivity (Wildman–Crippen MR) is 59.0 cm³/mol. The van der Waals surface area contributed by atoms with E-state index in [1.54, 1.807) is 23.2 Å². The third-order valence-electron chi connectivity index (χ3n) is 1.92. The summed E-state index contributed by atoms with van der Waals surface area (Å²) in [5.41, 5.74) is 3.57. The van der Waals surface area contributed by atoms with Crippen LogP contribution in [-0.2, 0) is 0 Å². The second-order valence-electron chi connectivity index (χ2n) is 2.96. The van der Waals surface area contributed by atoms with Gasteiger partial charge in [-0.1, -0.05) is 0 Å². The highest BCUT2D eigenvalue weighted by atomic mass is 32.1. The van der Waals surface area contributed by atoms with Crippen molar-refractivity contribution in [3.63, 3.8) is 0 Å². The predicted octanol–water partition coefficient (Wildman–Crippen LogP) is 2.10. The van der Waals surface area contributed by atoms with Crippen molar-refractivity contribution in [2.24, 2.45) is 0 Å². The summed E-state index contributed by atoms with van der Waals surface area (Å²) in [6, 6.07) is 3.59. The highest BCUT2D eigenvalue weighted by Crippen LogP contribution is 2.12. The number of amides is 1. The van der Waals surface area contributed by atoms with Gasteiger partial charge in [0.2, 0.25) is 0 Å². The van der Waals surface area contributed by atoms with Gasteiger partial charge < -0.3 is 5.32 Å². The first-order chi connectivity index (χ1) is 7.27. The molecule has 0 fully saturated rings. The molecular weight excluding hydrogens is 210 g/mol. The lowest BCUT2D eigenvalue weighted by atomic mass is 10.3. The Morgan fingerprint density at radius 1 is 1.47 bits per heavy atom. The van der Waals surface area contributed by atoms with E-state index in [2.05, 4.69) is 15.3 Å². The van der Waals surface area contributed by atoms with Gasteiger partial charge in [-0.25, -0.2) is 4.98 Å². The Morgan fingerprint density at radius 2 is 2.33 bits per heavy atom. The Bertz CT molecular complexity index is 467. The molecule has 2 aromatic heterocycles. The molecule has 1 amide bonds. The fourth-order valence-corrected chi connectivity index (χ4v) is 1.66. The van der Waals surface area contributed by atoms with Gasteiger partial charge in [0.15, 0.2) is 0 Å². The molecule has 0 aliphatic rings. The zero-order valence-electron chi connectivity index (χ0n) is 8.10. The van der Waals surface area contributed by atoms with E-state index in [1.165, 1.54) is 11.3 Å². The van der Waals surface area contributed by atoms with Crippen LogP contribution in [0, 0.1) is 6.92 Å². The van der Waals surface area contributed by atoms with Gasteiger partial charge in [-0.3, -0.25) is 9.78 Å². The molecule has 2 rings (SSSR count). The molecule has 0 aliphatic carbocycles. The minimum Gasteiger partial charge on any atom is -0.319 e. The number of nitrogens with zero attached hydrogens (tertiary/aromatic N) is 2. The quantitative estimate of drug-likeness (QED) is 0.841. The molecule has 0 spiro atoms. The highest BCUT2D eigenvalue weighted by molar-refractivity contribution is 7.07. The van der Waals surface area contributed by atoms with Crippen LogP contribution in [-0.4, -0.2) is 15.9 Å². The van der Waals surface area contributed by atoms with Gasteiger partial charge in [0.25, 0.3) is 5.91 Å². The molecule has 0 saturated heterocycles. The van der Waals surface area contributed by atoms with Crippen molar-refractivity contribution in [2.45, 2.75) is 6.92 Å². The van der Waals surface area contributed by atoms with E-state index in [1.807, 2.05) is 13.0 Å². The van der Waals surface area contributed by atoms with Gasteiger partial charge in [-0.05, 0) is 19.1 Å². The van der Waals surface area contributed by atoms with E-state index in [-0.39, 0.29) is 5.91 Å². The van der Waals surface area contributed by atoms with Crippen LogP contribution >= 0.6 is 11.3 Å². The summed E-state index contributed by atoms with van der Waals surface area (Å²) >= 11 is 1.40. The SMILES string of the molecule is Cc1ncccc1NC(=O)c1cscn1. The number of carbonyl (C=O) groups excluding carboxylic acids is 1. The normalized spacial score (nSPS) is 9.93. The van der Waals surface area contributed by atoms with Crippen molar-refractivity contribution in [3.05, 3.63) is 40.6 Å². The molecule has 0 aliphatic heterocycles. The average molecular weight is 219 g/mol. The number of hydrogen-bond donors (Lipinski definition) is 1.